The van der Waals surface area contributed by atoms with E-state index in [0.717, 1.165) is 36.6 Å². The van der Waals surface area contributed by atoms with Crippen LogP contribution >= 0.6 is 11.6 Å². The molecule has 1 saturated heterocycles. The number of fused-ring (bicyclic) bond motifs is 1. The number of hydrogen-bond acceptors (Lipinski definition) is 2. The van der Waals surface area contributed by atoms with Gasteiger partial charge in [-0.1, -0.05) is 36.6 Å². The summed E-state index contributed by atoms with van der Waals surface area (Å²) in [6, 6.07) is 9.24. The van der Waals surface area contributed by atoms with E-state index in [1.807, 2.05) is 0 Å². The van der Waals surface area contributed by atoms with Crippen molar-refractivity contribution < 1.29 is 4.74 Å². The zero-order valence-corrected chi connectivity index (χ0v) is 13.9. The summed E-state index contributed by atoms with van der Waals surface area (Å²) in [5, 5.41) is 4.75. The van der Waals surface area contributed by atoms with Crippen molar-refractivity contribution in [2.45, 2.75) is 44.1 Å². The van der Waals surface area contributed by atoms with E-state index in [9.17, 15) is 0 Å². The molecule has 0 unspecified atom stereocenters. The SMILES string of the molecule is Clc1ccc([C@H]2[C@@H]3CCCC[C@@H]3[C@@H]2NC[C@@H]2CCOC2)cc1. The van der Waals surface area contributed by atoms with Gasteiger partial charge in [0.1, 0.15) is 0 Å². The molecule has 2 saturated carbocycles. The lowest BCUT2D eigenvalue weighted by Crippen LogP contribution is -2.58. The fourth-order valence-electron chi connectivity index (χ4n) is 4.93. The molecule has 120 valence electrons. The first-order valence-electron chi connectivity index (χ1n) is 8.89. The maximum atomic E-state index is 6.07. The van der Waals surface area contributed by atoms with Crippen molar-refractivity contribution in [2.24, 2.45) is 17.8 Å². The Hall–Kier alpha value is -0.570. The highest BCUT2D eigenvalue weighted by Gasteiger charge is 2.50. The first kappa shape index (κ1) is 15.0. The fourth-order valence-corrected chi connectivity index (χ4v) is 5.06. The van der Waals surface area contributed by atoms with Crippen molar-refractivity contribution in [3.05, 3.63) is 34.9 Å². The second-order valence-electron chi connectivity index (χ2n) is 7.35. The number of benzene rings is 1. The van der Waals surface area contributed by atoms with Crippen LogP contribution in [-0.2, 0) is 4.74 Å². The minimum Gasteiger partial charge on any atom is -0.381 e. The van der Waals surface area contributed by atoms with Gasteiger partial charge in [0.2, 0.25) is 0 Å². The molecule has 22 heavy (non-hydrogen) atoms. The fraction of sp³-hybridized carbons (Fsp3) is 0.684. The van der Waals surface area contributed by atoms with Crippen molar-refractivity contribution in [1.82, 2.24) is 5.32 Å². The van der Waals surface area contributed by atoms with Crippen LogP contribution in [-0.4, -0.2) is 25.8 Å². The molecule has 3 aliphatic rings. The summed E-state index contributed by atoms with van der Waals surface area (Å²) in [7, 11) is 0. The average Bonchev–Trinajstić information content (AvgIpc) is 3.04. The summed E-state index contributed by atoms with van der Waals surface area (Å²) in [5.74, 6) is 3.17. The van der Waals surface area contributed by atoms with Crippen LogP contribution in [0.4, 0.5) is 0 Å². The van der Waals surface area contributed by atoms with E-state index >= 15 is 0 Å². The standard InChI is InChI=1S/C19H26ClNO/c20-15-7-5-14(6-8-15)18-16-3-1-2-4-17(16)19(18)21-11-13-9-10-22-12-13/h5-8,13,16-19,21H,1-4,9-12H2/t13-,16+,17-,18-,19-/m0/s1. The molecule has 1 aromatic rings. The Balaban J connectivity index is 1.47. The summed E-state index contributed by atoms with van der Waals surface area (Å²) in [6.45, 7) is 3.01. The van der Waals surface area contributed by atoms with Crippen molar-refractivity contribution in [2.75, 3.05) is 19.8 Å². The van der Waals surface area contributed by atoms with Crippen molar-refractivity contribution >= 4 is 11.6 Å². The van der Waals surface area contributed by atoms with Crippen LogP contribution in [0.15, 0.2) is 24.3 Å². The van der Waals surface area contributed by atoms with Gasteiger partial charge in [-0.25, -0.2) is 0 Å². The van der Waals surface area contributed by atoms with Crippen molar-refractivity contribution in [1.29, 1.82) is 0 Å². The van der Waals surface area contributed by atoms with Gasteiger partial charge in [0.15, 0.2) is 0 Å². The molecular weight excluding hydrogens is 294 g/mol. The molecule has 2 nitrogen and oxygen atoms in total. The zero-order valence-electron chi connectivity index (χ0n) is 13.1. The van der Waals surface area contributed by atoms with Gasteiger partial charge in [0.25, 0.3) is 0 Å². The molecule has 3 fully saturated rings. The Morgan fingerprint density at radius 3 is 2.55 bits per heavy atom. The Kier molecular flexibility index (Phi) is 4.43. The van der Waals surface area contributed by atoms with E-state index < -0.39 is 0 Å². The summed E-state index contributed by atoms with van der Waals surface area (Å²) in [4.78, 5) is 0. The number of nitrogens with one attached hydrogen (secondary N) is 1. The molecule has 1 aliphatic heterocycles. The largest absolute Gasteiger partial charge is 0.381 e. The van der Waals surface area contributed by atoms with Crippen molar-refractivity contribution in [3.8, 4) is 0 Å². The third-order valence-corrected chi connectivity index (χ3v) is 6.36. The topological polar surface area (TPSA) is 21.3 Å². The van der Waals surface area contributed by atoms with Gasteiger partial charge in [-0.15, -0.1) is 0 Å². The third kappa shape index (κ3) is 2.81. The van der Waals surface area contributed by atoms with E-state index in [1.54, 1.807) is 0 Å². The lowest BCUT2D eigenvalue weighted by Gasteiger charge is -2.55. The molecular formula is C19H26ClNO. The van der Waals surface area contributed by atoms with Crippen LogP contribution in [0.2, 0.25) is 5.02 Å². The predicted molar refractivity (Wildman–Crippen MR) is 90.4 cm³/mol. The third-order valence-electron chi connectivity index (χ3n) is 6.11. The molecule has 1 aromatic carbocycles. The second-order valence-corrected chi connectivity index (χ2v) is 7.79. The molecule has 1 heterocycles. The monoisotopic (exact) mass is 319 g/mol. The van der Waals surface area contributed by atoms with Gasteiger partial charge < -0.3 is 10.1 Å². The highest BCUT2D eigenvalue weighted by molar-refractivity contribution is 6.30. The van der Waals surface area contributed by atoms with Crippen LogP contribution in [0, 0.1) is 17.8 Å². The highest BCUT2D eigenvalue weighted by Crippen LogP contribution is 2.54. The minimum absolute atomic E-state index is 0.659. The van der Waals surface area contributed by atoms with Gasteiger partial charge >= 0.3 is 0 Å². The molecule has 0 spiro atoms. The molecule has 5 atom stereocenters. The Bertz CT molecular complexity index is 497. The van der Waals surface area contributed by atoms with Crippen LogP contribution < -0.4 is 5.32 Å². The van der Waals surface area contributed by atoms with Gasteiger partial charge in [-0.2, -0.15) is 0 Å². The average molecular weight is 320 g/mol. The first-order valence-corrected chi connectivity index (χ1v) is 9.27. The predicted octanol–water partition coefficient (Wildman–Crippen LogP) is 4.24. The Labute approximate surface area is 138 Å². The lowest BCUT2D eigenvalue weighted by atomic mass is 9.53. The number of rotatable bonds is 4. The molecule has 0 amide bonds. The number of hydrogen-bond donors (Lipinski definition) is 1. The van der Waals surface area contributed by atoms with Gasteiger partial charge in [-0.05, 0) is 54.7 Å². The highest BCUT2D eigenvalue weighted by atomic mass is 35.5. The van der Waals surface area contributed by atoms with E-state index in [-0.39, 0.29) is 0 Å². The van der Waals surface area contributed by atoms with Crippen LogP contribution in [0.3, 0.4) is 0 Å². The maximum absolute atomic E-state index is 6.07. The van der Waals surface area contributed by atoms with Crippen LogP contribution in [0.1, 0.15) is 43.6 Å². The van der Waals surface area contributed by atoms with Crippen LogP contribution in [0.25, 0.3) is 0 Å². The normalized spacial score (nSPS) is 37.6. The van der Waals surface area contributed by atoms with E-state index in [4.69, 9.17) is 16.3 Å². The Morgan fingerprint density at radius 2 is 1.82 bits per heavy atom. The summed E-state index contributed by atoms with van der Waals surface area (Å²) < 4.78 is 5.52. The zero-order chi connectivity index (χ0) is 14.9. The smallest absolute Gasteiger partial charge is 0.0507 e. The molecule has 4 rings (SSSR count). The van der Waals surface area contributed by atoms with Crippen LogP contribution in [0.5, 0.6) is 0 Å². The summed E-state index contributed by atoms with van der Waals surface area (Å²) in [6.07, 6.45) is 6.86. The molecule has 0 aromatic heterocycles. The molecule has 0 radical (unpaired) electrons. The number of halogens is 1. The maximum Gasteiger partial charge on any atom is 0.0507 e. The number of ether oxygens (including phenoxy) is 1. The lowest BCUT2D eigenvalue weighted by molar-refractivity contribution is 0.0240. The summed E-state index contributed by atoms with van der Waals surface area (Å²) in [5.41, 5.74) is 1.48. The first-order chi connectivity index (χ1) is 10.8. The van der Waals surface area contributed by atoms with Gasteiger partial charge in [-0.3, -0.25) is 0 Å². The van der Waals surface area contributed by atoms with Crippen molar-refractivity contribution in [3.63, 3.8) is 0 Å². The second kappa shape index (κ2) is 6.51. The van der Waals surface area contributed by atoms with Gasteiger partial charge in [0, 0.05) is 30.1 Å². The minimum atomic E-state index is 0.659. The van der Waals surface area contributed by atoms with Gasteiger partial charge in [0.05, 0.1) is 6.61 Å². The van der Waals surface area contributed by atoms with E-state index in [2.05, 4.69) is 29.6 Å². The Morgan fingerprint density at radius 1 is 1.05 bits per heavy atom. The molecule has 0 bridgehead atoms. The van der Waals surface area contributed by atoms with E-state index in [1.165, 1.54) is 37.7 Å². The summed E-state index contributed by atoms with van der Waals surface area (Å²) >= 11 is 6.07. The molecule has 3 heteroatoms. The molecule has 1 N–H and O–H groups in total. The van der Waals surface area contributed by atoms with E-state index in [0.29, 0.717) is 17.9 Å². The molecule has 2 aliphatic carbocycles. The quantitative estimate of drug-likeness (QED) is 0.896.